The van der Waals surface area contributed by atoms with Crippen LogP contribution >= 0.6 is 46.6 Å². The number of nitrogens with zero attached hydrogens (tertiary/aromatic N) is 1. The van der Waals surface area contributed by atoms with Crippen molar-refractivity contribution in [2.24, 2.45) is 0 Å². The van der Waals surface area contributed by atoms with Crippen molar-refractivity contribution in [2.45, 2.75) is 51.4 Å². The number of hydrogen-bond donors (Lipinski definition) is 1. The van der Waals surface area contributed by atoms with Crippen LogP contribution in [0.15, 0.2) is 42.5 Å². The van der Waals surface area contributed by atoms with Crippen LogP contribution in [0.5, 0.6) is 0 Å². The maximum Gasteiger partial charge on any atom is 0.242 e. The summed E-state index contributed by atoms with van der Waals surface area (Å²) in [5.74, 6) is 0.580. The van der Waals surface area contributed by atoms with Crippen LogP contribution in [0.3, 0.4) is 0 Å². The maximum absolute atomic E-state index is 13.3. The van der Waals surface area contributed by atoms with Gasteiger partial charge in [0.05, 0.1) is 5.75 Å². The summed E-state index contributed by atoms with van der Waals surface area (Å²) in [5.41, 5.74) is 1.73. The van der Waals surface area contributed by atoms with Crippen molar-refractivity contribution >= 4 is 58.4 Å². The zero-order chi connectivity index (χ0) is 23.5. The molecule has 0 heterocycles. The second-order valence-electron chi connectivity index (χ2n) is 7.41. The van der Waals surface area contributed by atoms with E-state index in [9.17, 15) is 9.59 Å². The Bertz CT molecular complexity index is 911. The van der Waals surface area contributed by atoms with Gasteiger partial charge in [-0.15, -0.1) is 11.8 Å². The molecule has 0 unspecified atom stereocenters. The largest absolute Gasteiger partial charge is 0.354 e. The summed E-state index contributed by atoms with van der Waals surface area (Å²) in [6.45, 7) is 4.81. The van der Waals surface area contributed by atoms with E-state index in [1.54, 1.807) is 23.1 Å². The Balaban J connectivity index is 2.16. The Hall–Kier alpha value is -1.40. The highest BCUT2D eigenvalue weighted by Gasteiger charge is 2.28. The number of carbonyl (C=O) groups excluding carboxylic acids is 2. The summed E-state index contributed by atoms with van der Waals surface area (Å²) in [4.78, 5) is 27.8. The number of rotatable bonds is 12. The third-order valence-electron chi connectivity index (χ3n) is 5.01. The molecule has 0 aliphatic rings. The number of unbranched alkanes of at least 4 members (excludes halogenated alkanes) is 1. The van der Waals surface area contributed by atoms with Crippen LogP contribution in [0.4, 0.5) is 0 Å². The number of thioether (sulfide) groups is 1. The molecule has 0 bridgehead atoms. The minimum Gasteiger partial charge on any atom is -0.354 e. The van der Waals surface area contributed by atoms with E-state index in [2.05, 4.69) is 12.2 Å². The molecule has 174 valence electrons. The van der Waals surface area contributed by atoms with Gasteiger partial charge in [0.2, 0.25) is 11.8 Å². The summed E-state index contributed by atoms with van der Waals surface area (Å²) in [7, 11) is 0. The predicted octanol–water partition coefficient (Wildman–Crippen LogP) is 6.60. The molecule has 0 saturated heterocycles. The molecule has 1 N–H and O–H groups in total. The van der Waals surface area contributed by atoms with E-state index < -0.39 is 6.04 Å². The van der Waals surface area contributed by atoms with Gasteiger partial charge in [-0.1, -0.05) is 79.3 Å². The van der Waals surface area contributed by atoms with Gasteiger partial charge in [0.15, 0.2) is 0 Å². The number of halogens is 3. The van der Waals surface area contributed by atoms with Crippen molar-refractivity contribution < 1.29 is 9.59 Å². The lowest BCUT2D eigenvalue weighted by Gasteiger charge is -2.31. The molecule has 0 aromatic heterocycles. The summed E-state index contributed by atoms with van der Waals surface area (Å²) in [5, 5.41) is 4.63. The first-order chi connectivity index (χ1) is 15.4. The minimum absolute atomic E-state index is 0.120. The molecule has 2 aromatic carbocycles. The molecule has 0 aliphatic heterocycles. The van der Waals surface area contributed by atoms with E-state index in [1.807, 2.05) is 31.2 Å². The smallest absolute Gasteiger partial charge is 0.242 e. The second-order valence-corrected chi connectivity index (χ2v) is 9.65. The van der Waals surface area contributed by atoms with Gasteiger partial charge in [0.1, 0.15) is 6.04 Å². The van der Waals surface area contributed by atoms with Crippen LogP contribution in [0, 0.1) is 0 Å². The molecule has 2 rings (SSSR count). The van der Waals surface area contributed by atoms with E-state index in [0.717, 1.165) is 24.0 Å². The van der Waals surface area contributed by atoms with Crippen LogP contribution in [-0.4, -0.2) is 35.1 Å². The molecular formula is C24H29Cl3N2O2S. The highest BCUT2D eigenvalue weighted by Crippen LogP contribution is 2.25. The first kappa shape index (κ1) is 26.8. The summed E-state index contributed by atoms with van der Waals surface area (Å²) in [6, 6.07) is 12.2. The minimum atomic E-state index is -0.577. The quantitative estimate of drug-likeness (QED) is 0.324. The lowest BCUT2D eigenvalue weighted by molar-refractivity contribution is -0.139. The monoisotopic (exact) mass is 514 g/mol. The molecule has 0 aliphatic carbocycles. The van der Waals surface area contributed by atoms with E-state index in [-0.39, 0.29) is 24.1 Å². The molecule has 0 spiro atoms. The molecule has 8 heteroatoms. The van der Waals surface area contributed by atoms with Gasteiger partial charge in [-0.05, 0) is 42.2 Å². The fourth-order valence-corrected chi connectivity index (χ4v) is 4.87. The molecular weight excluding hydrogens is 487 g/mol. The SMILES string of the molecule is CCCCNC(=O)[C@H](CC)N(Cc1ccc(Cl)cc1Cl)C(=O)CSCc1ccccc1Cl. The first-order valence-electron chi connectivity index (χ1n) is 10.7. The highest BCUT2D eigenvalue weighted by atomic mass is 35.5. The molecule has 0 radical (unpaired) electrons. The maximum atomic E-state index is 13.3. The molecule has 0 saturated carbocycles. The Morgan fingerprint density at radius 2 is 1.78 bits per heavy atom. The van der Waals surface area contributed by atoms with Crippen LogP contribution in [0.1, 0.15) is 44.2 Å². The molecule has 32 heavy (non-hydrogen) atoms. The number of benzene rings is 2. The standard InChI is InChI=1S/C24H29Cl3N2O2S/c1-3-5-12-28-24(31)22(4-2)29(14-17-10-11-19(25)13-21(17)27)23(30)16-32-15-18-8-6-7-9-20(18)26/h6-11,13,22H,3-5,12,14-16H2,1-2H3,(H,28,31)/t22-/m0/s1. The second kappa shape index (κ2) is 14.0. The van der Waals surface area contributed by atoms with Crippen LogP contribution in [0.25, 0.3) is 0 Å². The van der Waals surface area contributed by atoms with Gasteiger partial charge in [0, 0.05) is 33.9 Å². The van der Waals surface area contributed by atoms with Gasteiger partial charge >= 0.3 is 0 Å². The summed E-state index contributed by atoms with van der Waals surface area (Å²) in [6.07, 6.45) is 2.38. The Kier molecular flexibility index (Phi) is 11.7. The average molecular weight is 516 g/mol. The van der Waals surface area contributed by atoms with E-state index in [1.165, 1.54) is 11.8 Å². The number of nitrogens with one attached hydrogen (secondary N) is 1. The zero-order valence-corrected chi connectivity index (χ0v) is 21.5. The van der Waals surface area contributed by atoms with Gasteiger partial charge in [-0.25, -0.2) is 0 Å². The predicted molar refractivity (Wildman–Crippen MR) is 137 cm³/mol. The van der Waals surface area contributed by atoms with Crippen molar-refractivity contribution in [3.8, 4) is 0 Å². The Morgan fingerprint density at radius 3 is 2.44 bits per heavy atom. The topological polar surface area (TPSA) is 49.4 Å². The van der Waals surface area contributed by atoms with E-state index in [4.69, 9.17) is 34.8 Å². The fourth-order valence-electron chi connectivity index (χ4n) is 3.21. The number of amides is 2. The van der Waals surface area contributed by atoms with Gasteiger partial charge < -0.3 is 10.2 Å². The van der Waals surface area contributed by atoms with Gasteiger partial charge in [-0.2, -0.15) is 0 Å². The zero-order valence-electron chi connectivity index (χ0n) is 18.4. The van der Waals surface area contributed by atoms with Crippen LogP contribution in [0.2, 0.25) is 15.1 Å². The van der Waals surface area contributed by atoms with Crippen LogP contribution in [-0.2, 0) is 21.9 Å². The van der Waals surface area contributed by atoms with Crippen molar-refractivity contribution in [1.29, 1.82) is 0 Å². The molecule has 4 nitrogen and oxygen atoms in total. The van der Waals surface area contributed by atoms with Crippen LogP contribution < -0.4 is 5.32 Å². The molecule has 0 fully saturated rings. The molecule has 1 atom stereocenters. The van der Waals surface area contributed by atoms with Crippen molar-refractivity contribution in [3.05, 3.63) is 68.7 Å². The Labute approximate surface area is 210 Å². The average Bonchev–Trinajstić information content (AvgIpc) is 2.76. The molecule has 2 aromatic rings. The van der Waals surface area contributed by atoms with Crippen molar-refractivity contribution in [2.75, 3.05) is 12.3 Å². The molecule has 2 amide bonds. The first-order valence-corrected chi connectivity index (χ1v) is 13.0. The third-order valence-corrected chi connectivity index (χ3v) is 6.93. The summed E-state index contributed by atoms with van der Waals surface area (Å²) < 4.78 is 0. The number of hydrogen-bond acceptors (Lipinski definition) is 3. The van der Waals surface area contributed by atoms with Crippen molar-refractivity contribution in [1.82, 2.24) is 10.2 Å². The number of carbonyl (C=O) groups is 2. The van der Waals surface area contributed by atoms with Gasteiger partial charge in [0.25, 0.3) is 0 Å². The lowest BCUT2D eigenvalue weighted by atomic mass is 10.1. The van der Waals surface area contributed by atoms with Gasteiger partial charge in [-0.3, -0.25) is 9.59 Å². The Morgan fingerprint density at radius 1 is 1.03 bits per heavy atom. The fraction of sp³-hybridized carbons (Fsp3) is 0.417. The van der Waals surface area contributed by atoms with E-state index in [0.29, 0.717) is 33.8 Å². The summed E-state index contributed by atoms with van der Waals surface area (Å²) >= 11 is 20.1. The van der Waals surface area contributed by atoms with Crippen molar-refractivity contribution in [3.63, 3.8) is 0 Å². The third kappa shape index (κ3) is 8.18. The van der Waals surface area contributed by atoms with E-state index >= 15 is 0 Å². The normalized spacial score (nSPS) is 11.8. The highest BCUT2D eigenvalue weighted by molar-refractivity contribution is 7.99. The lowest BCUT2D eigenvalue weighted by Crippen LogP contribution is -2.49.